The van der Waals surface area contributed by atoms with Crippen molar-refractivity contribution in [2.45, 2.75) is 110 Å². The van der Waals surface area contributed by atoms with Crippen LogP contribution in [0, 0.1) is 0 Å². The van der Waals surface area contributed by atoms with Gasteiger partial charge in [0.15, 0.2) is 43.1 Å². The van der Waals surface area contributed by atoms with Crippen molar-refractivity contribution in [3.63, 3.8) is 0 Å². The monoisotopic (exact) mass is 684 g/mol. The van der Waals surface area contributed by atoms with Crippen LogP contribution in [0.25, 0.3) is 0 Å². The molecule has 2 aliphatic rings. The fourth-order valence-corrected chi connectivity index (χ4v) is 5.11. The molecule has 0 aliphatic carbocycles. The topological polar surface area (TPSA) is 215 Å². The Labute approximate surface area is 275 Å². The normalized spacial score (nSPS) is 29.9. The molecule has 1 aromatic rings. The fourth-order valence-electron chi connectivity index (χ4n) is 5.11. The number of esters is 6. The molecule has 1 N–H and O–H groups in total. The van der Waals surface area contributed by atoms with E-state index < -0.39 is 110 Å². The molecule has 48 heavy (non-hydrogen) atoms. The minimum Gasteiger partial charge on any atom is -0.463 e. The van der Waals surface area contributed by atoms with Gasteiger partial charge in [-0.1, -0.05) is 30.3 Å². The van der Waals surface area contributed by atoms with Gasteiger partial charge in [-0.3, -0.25) is 28.8 Å². The van der Waals surface area contributed by atoms with Crippen molar-refractivity contribution in [2.75, 3.05) is 13.2 Å². The number of aliphatic hydroxyl groups excluding tert-OH is 1. The van der Waals surface area contributed by atoms with Crippen LogP contribution < -0.4 is 0 Å². The van der Waals surface area contributed by atoms with Crippen molar-refractivity contribution >= 4 is 35.8 Å². The van der Waals surface area contributed by atoms with Crippen LogP contribution in [0.1, 0.15) is 47.1 Å². The standard InChI is InChI=1S/C31H40O17/c1-15(32)39-13-22-24(42-17(3)34)26(44-19(5)36)28(30(38)46-22)48-31-29(41-12-21-10-8-7-9-11-21)27(45-20(6)37)25(43-18(4)35)23(47-31)14-40-16(2)33/h7-11,22-31,38H,12-14H2,1-6H3/t22-,23-,24-,25-,26+,27+,28-,29-,30-,31-/m1/s1. The number of carbonyl (C=O) groups excluding carboxylic acids is 6. The van der Waals surface area contributed by atoms with Gasteiger partial charge >= 0.3 is 35.8 Å². The van der Waals surface area contributed by atoms with E-state index in [1.807, 2.05) is 0 Å². The number of rotatable bonds is 13. The number of aliphatic hydroxyl groups is 1. The lowest BCUT2D eigenvalue weighted by Crippen LogP contribution is -2.66. The molecule has 2 fully saturated rings. The van der Waals surface area contributed by atoms with E-state index in [2.05, 4.69) is 0 Å². The Balaban J connectivity index is 2.08. The quantitative estimate of drug-likeness (QED) is 0.218. The van der Waals surface area contributed by atoms with Gasteiger partial charge in [-0.05, 0) is 5.56 Å². The van der Waals surface area contributed by atoms with Crippen LogP contribution in [-0.4, -0.2) is 116 Å². The van der Waals surface area contributed by atoms with Crippen LogP contribution in [0.15, 0.2) is 30.3 Å². The van der Waals surface area contributed by atoms with Crippen LogP contribution in [0.5, 0.6) is 0 Å². The largest absolute Gasteiger partial charge is 0.463 e. The Morgan fingerprint density at radius 1 is 0.583 bits per heavy atom. The first kappa shape index (κ1) is 38.3. The second-order valence-corrected chi connectivity index (χ2v) is 10.9. The summed E-state index contributed by atoms with van der Waals surface area (Å²) in [6.07, 6.45) is -15.2. The van der Waals surface area contributed by atoms with E-state index in [1.54, 1.807) is 30.3 Å². The molecule has 266 valence electrons. The van der Waals surface area contributed by atoms with Crippen LogP contribution in [0.4, 0.5) is 0 Å². The third-order valence-electron chi connectivity index (χ3n) is 6.89. The number of benzene rings is 1. The second-order valence-electron chi connectivity index (χ2n) is 10.9. The van der Waals surface area contributed by atoms with E-state index in [0.717, 1.165) is 41.5 Å². The molecular formula is C31H40O17. The summed E-state index contributed by atoms with van der Waals surface area (Å²) in [5, 5.41) is 11.1. The first-order valence-electron chi connectivity index (χ1n) is 14.9. The van der Waals surface area contributed by atoms with Gasteiger partial charge in [0.25, 0.3) is 0 Å². The van der Waals surface area contributed by atoms with Gasteiger partial charge in [-0.2, -0.15) is 0 Å². The van der Waals surface area contributed by atoms with Gasteiger partial charge in [0.05, 0.1) is 6.61 Å². The zero-order chi connectivity index (χ0) is 35.5. The van der Waals surface area contributed by atoms with E-state index in [1.165, 1.54) is 0 Å². The smallest absolute Gasteiger partial charge is 0.303 e. The Hall–Kier alpha value is -4.16. The van der Waals surface area contributed by atoms with E-state index in [4.69, 9.17) is 47.4 Å². The molecule has 17 heteroatoms. The minimum atomic E-state index is -1.93. The van der Waals surface area contributed by atoms with Gasteiger partial charge in [-0.25, -0.2) is 0 Å². The molecule has 2 aliphatic heterocycles. The lowest BCUT2D eigenvalue weighted by atomic mass is 9.96. The SMILES string of the molecule is CC(=O)OC[C@H]1O[C@@H](O)[C@H](O[C@H]2O[C@H](COC(C)=O)[C@@H](OC(C)=O)[C@H](OC(C)=O)[C@H]2OCc2ccccc2)[C@@H](OC(C)=O)[C@@H]1OC(C)=O. The van der Waals surface area contributed by atoms with Gasteiger partial charge < -0.3 is 52.5 Å². The molecule has 0 amide bonds. The first-order chi connectivity index (χ1) is 22.7. The molecule has 0 radical (unpaired) electrons. The van der Waals surface area contributed by atoms with Gasteiger partial charge in [0.1, 0.15) is 31.5 Å². The van der Waals surface area contributed by atoms with Crippen molar-refractivity contribution in [3.8, 4) is 0 Å². The highest BCUT2D eigenvalue weighted by atomic mass is 16.8. The lowest BCUT2D eigenvalue weighted by Gasteiger charge is -2.48. The van der Waals surface area contributed by atoms with Crippen LogP contribution in [0.2, 0.25) is 0 Å². The van der Waals surface area contributed by atoms with Crippen LogP contribution in [0.3, 0.4) is 0 Å². The molecule has 3 rings (SSSR count). The Morgan fingerprint density at radius 3 is 1.48 bits per heavy atom. The molecule has 2 heterocycles. The zero-order valence-electron chi connectivity index (χ0n) is 27.3. The van der Waals surface area contributed by atoms with Crippen molar-refractivity contribution in [1.29, 1.82) is 0 Å². The molecule has 0 bridgehead atoms. The van der Waals surface area contributed by atoms with Crippen molar-refractivity contribution in [1.82, 2.24) is 0 Å². The molecule has 0 unspecified atom stereocenters. The molecule has 10 atom stereocenters. The summed E-state index contributed by atoms with van der Waals surface area (Å²) < 4.78 is 56.1. The summed E-state index contributed by atoms with van der Waals surface area (Å²) in [6, 6.07) is 8.78. The van der Waals surface area contributed by atoms with Crippen molar-refractivity contribution < 1.29 is 81.2 Å². The molecular weight excluding hydrogens is 644 g/mol. The number of carbonyl (C=O) groups is 6. The van der Waals surface area contributed by atoms with E-state index in [-0.39, 0.29) is 6.61 Å². The highest BCUT2D eigenvalue weighted by Gasteiger charge is 2.56. The fraction of sp³-hybridized carbons (Fsp3) is 0.613. The maximum atomic E-state index is 12.4. The maximum Gasteiger partial charge on any atom is 0.303 e. The van der Waals surface area contributed by atoms with Crippen LogP contribution in [-0.2, 0) is 82.7 Å². The van der Waals surface area contributed by atoms with Crippen molar-refractivity contribution in [3.05, 3.63) is 35.9 Å². The number of ether oxygens (including phenoxy) is 10. The molecule has 2 saturated heterocycles. The summed E-state index contributed by atoms with van der Waals surface area (Å²) in [7, 11) is 0. The lowest BCUT2D eigenvalue weighted by molar-refractivity contribution is -0.367. The molecule has 0 spiro atoms. The van der Waals surface area contributed by atoms with Crippen molar-refractivity contribution in [2.24, 2.45) is 0 Å². The summed E-state index contributed by atoms with van der Waals surface area (Å²) in [5.74, 6) is -4.71. The average molecular weight is 685 g/mol. The Kier molecular flexibility index (Phi) is 14.2. The van der Waals surface area contributed by atoms with Gasteiger partial charge in [0.2, 0.25) is 0 Å². The average Bonchev–Trinajstić information content (AvgIpc) is 2.98. The maximum absolute atomic E-state index is 12.4. The molecule has 0 saturated carbocycles. The van der Waals surface area contributed by atoms with Gasteiger partial charge in [-0.15, -0.1) is 0 Å². The minimum absolute atomic E-state index is 0.106. The third-order valence-corrected chi connectivity index (χ3v) is 6.89. The highest BCUT2D eigenvalue weighted by Crippen LogP contribution is 2.35. The number of hydrogen-bond donors (Lipinski definition) is 1. The predicted molar refractivity (Wildman–Crippen MR) is 155 cm³/mol. The van der Waals surface area contributed by atoms with E-state index >= 15 is 0 Å². The summed E-state index contributed by atoms with van der Waals surface area (Å²) >= 11 is 0. The summed E-state index contributed by atoms with van der Waals surface area (Å²) in [5.41, 5.74) is 0.672. The van der Waals surface area contributed by atoms with E-state index in [0.29, 0.717) is 5.56 Å². The molecule has 0 aromatic heterocycles. The zero-order valence-corrected chi connectivity index (χ0v) is 27.3. The van der Waals surface area contributed by atoms with Crippen LogP contribution >= 0.6 is 0 Å². The second kappa shape index (κ2) is 17.8. The van der Waals surface area contributed by atoms with E-state index in [9.17, 15) is 33.9 Å². The summed E-state index contributed by atoms with van der Waals surface area (Å²) in [4.78, 5) is 72.2. The predicted octanol–water partition coefficient (Wildman–Crippen LogP) is 0.252. The summed E-state index contributed by atoms with van der Waals surface area (Å²) in [6.45, 7) is 5.49. The van der Waals surface area contributed by atoms with Gasteiger partial charge in [0, 0.05) is 41.5 Å². The molecule has 17 nitrogen and oxygen atoms in total. The highest BCUT2D eigenvalue weighted by molar-refractivity contribution is 5.68. The number of hydrogen-bond acceptors (Lipinski definition) is 17. The Bertz CT molecular complexity index is 1280. The third kappa shape index (κ3) is 11.2. The first-order valence-corrected chi connectivity index (χ1v) is 14.9. The molecule has 1 aromatic carbocycles. The Morgan fingerprint density at radius 2 is 1.02 bits per heavy atom.